The fourth-order valence-electron chi connectivity index (χ4n) is 5.38. The number of fused-ring (bicyclic) bond motifs is 1. The van der Waals surface area contributed by atoms with Crippen LogP contribution in [0.1, 0.15) is 37.7 Å². The van der Waals surface area contributed by atoms with Gasteiger partial charge in [-0.15, -0.1) is 0 Å². The van der Waals surface area contributed by atoms with Gasteiger partial charge in [0.2, 0.25) is 11.8 Å². The monoisotopic (exact) mass is 387 g/mol. The van der Waals surface area contributed by atoms with Gasteiger partial charge >= 0.3 is 0 Å². The van der Waals surface area contributed by atoms with Gasteiger partial charge in [0.05, 0.1) is 11.6 Å². The molecule has 3 heterocycles. The molecule has 1 aromatic rings. The van der Waals surface area contributed by atoms with Crippen molar-refractivity contribution >= 4 is 11.8 Å². The molecule has 0 aromatic carbocycles. The average molecular weight is 388 g/mol. The fourth-order valence-corrected chi connectivity index (χ4v) is 5.38. The zero-order valence-corrected chi connectivity index (χ0v) is 17.4. The lowest BCUT2D eigenvalue weighted by Gasteiger charge is -2.36. The molecular weight excluding hydrogens is 354 g/mol. The van der Waals surface area contributed by atoms with Crippen LogP contribution in [0.3, 0.4) is 0 Å². The maximum Gasteiger partial charge on any atom is 0.229 e. The highest BCUT2D eigenvalue weighted by molar-refractivity contribution is 5.84. The summed E-state index contributed by atoms with van der Waals surface area (Å²) < 4.78 is 1.82. The summed E-state index contributed by atoms with van der Waals surface area (Å²) in [6, 6.07) is 0. The van der Waals surface area contributed by atoms with Gasteiger partial charge < -0.3 is 9.80 Å². The molecule has 1 aliphatic carbocycles. The Labute approximate surface area is 167 Å². The van der Waals surface area contributed by atoms with Crippen LogP contribution in [-0.4, -0.2) is 76.6 Å². The minimum Gasteiger partial charge on any atom is -0.348 e. The molecule has 0 spiro atoms. The Morgan fingerprint density at radius 1 is 1.25 bits per heavy atom. The Bertz CT molecular complexity index is 741. The molecule has 0 N–H and O–H groups in total. The summed E-state index contributed by atoms with van der Waals surface area (Å²) in [7, 11) is 5.65. The summed E-state index contributed by atoms with van der Waals surface area (Å²) in [6.45, 7) is 3.97. The molecule has 7 nitrogen and oxygen atoms in total. The topological polar surface area (TPSA) is 61.7 Å². The summed E-state index contributed by atoms with van der Waals surface area (Å²) >= 11 is 0. The van der Waals surface area contributed by atoms with E-state index in [-0.39, 0.29) is 23.2 Å². The van der Waals surface area contributed by atoms with Gasteiger partial charge in [-0.3, -0.25) is 19.2 Å². The van der Waals surface area contributed by atoms with E-state index in [1.165, 1.54) is 12.0 Å². The zero-order chi connectivity index (χ0) is 19.9. The molecule has 154 valence electrons. The first kappa shape index (κ1) is 19.4. The summed E-state index contributed by atoms with van der Waals surface area (Å²) in [5, 5.41) is 4.28. The lowest BCUT2D eigenvalue weighted by atomic mass is 9.74. The molecule has 2 aliphatic heterocycles. The van der Waals surface area contributed by atoms with Crippen molar-refractivity contribution in [1.29, 1.82) is 0 Å². The van der Waals surface area contributed by atoms with Crippen molar-refractivity contribution in [2.24, 2.45) is 24.3 Å². The first-order chi connectivity index (χ1) is 13.4. The van der Waals surface area contributed by atoms with Crippen molar-refractivity contribution in [2.75, 3.05) is 40.3 Å². The Balaban J connectivity index is 1.55. The third-order valence-electron chi connectivity index (χ3n) is 7.02. The number of likely N-dealkylation sites (tertiary alicyclic amines) is 2. The molecule has 0 bridgehead atoms. The van der Waals surface area contributed by atoms with Crippen LogP contribution >= 0.6 is 0 Å². The van der Waals surface area contributed by atoms with Crippen molar-refractivity contribution in [2.45, 2.75) is 38.6 Å². The molecule has 7 heteroatoms. The smallest absolute Gasteiger partial charge is 0.229 e. The fraction of sp³-hybridized carbons (Fsp3) is 0.762. The van der Waals surface area contributed by atoms with E-state index < -0.39 is 0 Å². The average Bonchev–Trinajstić information content (AvgIpc) is 3.10. The van der Waals surface area contributed by atoms with Gasteiger partial charge in [-0.1, -0.05) is 6.42 Å². The molecule has 1 aromatic heterocycles. The highest BCUT2D eigenvalue weighted by Gasteiger charge is 2.54. The Morgan fingerprint density at radius 2 is 2.04 bits per heavy atom. The molecule has 1 saturated carbocycles. The first-order valence-electron chi connectivity index (χ1n) is 10.6. The molecule has 0 unspecified atom stereocenters. The van der Waals surface area contributed by atoms with Crippen LogP contribution in [0.2, 0.25) is 0 Å². The number of aryl methyl sites for hydroxylation is 1. The Hall–Kier alpha value is -1.89. The van der Waals surface area contributed by atoms with Gasteiger partial charge in [0, 0.05) is 77.5 Å². The van der Waals surface area contributed by atoms with Crippen LogP contribution in [0.15, 0.2) is 12.4 Å². The minimum atomic E-state index is -0.375. The predicted octanol–water partition coefficient (Wildman–Crippen LogP) is 1.35. The van der Waals surface area contributed by atoms with Crippen LogP contribution < -0.4 is 0 Å². The molecule has 3 aliphatic rings. The van der Waals surface area contributed by atoms with E-state index in [1.807, 2.05) is 38.2 Å². The maximum atomic E-state index is 13.3. The van der Waals surface area contributed by atoms with Gasteiger partial charge in [-0.25, -0.2) is 0 Å². The third kappa shape index (κ3) is 3.45. The summed E-state index contributed by atoms with van der Waals surface area (Å²) in [5.74, 6) is 0.977. The highest BCUT2D eigenvalue weighted by atomic mass is 16.2. The van der Waals surface area contributed by atoms with E-state index in [9.17, 15) is 9.59 Å². The highest BCUT2D eigenvalue weighted by Crippen LogP contribution is 2.45. The van der Waals surface area contributed by atoms with Gasteiger partial charge in [-0.2, -0.15) is 5.10 Å². The SMILES string of the molecule is CN(C)C(=O)[C@]12CCCN(C(=O)C3CCC3)C[C@H]1CN(Cc1cnn(C)c1)C2. The summed E-state index contributed by atoms with van der Waals surface area (Å²) in [4.78, 5) is 32.4. The van der Waals surface area contributed by atoms with E-state index in [1.54, 1.807) is 4.90 Å². The molecular formula is C21H33N5O2. The number of rotatable bonds is 4. The van der Waals surface area contributed by atoms with E-state index in [4.69, 9.17) is 0 Å². The number of hydrogen-bond donors (Lipinski definition) is 0. The van der Waals surface area contributed by atoms with E-state index >= 15 is 0 Å². The van der Waals surface area contributed by atoms with Crippen LogP contribution in [-0.2, 0) is 23.2 Å². The molecule has 2 amide bonds. The number of aromatic nitrogens is 2. The number of nitrogens with zero attached hydrogens (tertiary/aromatic N) is 5. The lowest BCUT2D eigenvalue weighted by Crippen LogP contribution is -2.48. The molecule has 4 rings (SSSR count). The zero-order valence-electron chi connectivity index (χ0n) is 17.4. The maximum absolute atomic E-state index is 13.3. The minimum absolute atomic E-state index is 0.200. The van der Waals surface area contributed by atoms with Crippen molar-refractivity contribution in [3.63, 3.8) is 0 Å². The van der Waals surface area contributed by atoms with Crippen LogP contribution in [0.4, 0.5) is 0 Å². The second kappa shape index (κ2) is 7.50. The summed E-state index contributed by atoms with van der Waals surface area (Å²) in [5.41, 5.74) is 0.800. The normalized spacial score (nSPS) is 28.5. The molecule has 3 fully saturated rings. The second-order valence-electron chi connectivity index (χ2n) is 9.26. The van der Waals surface area contributed by atoms with Gasteiger partial charge in [0.15, 0.2) is 0 Å². The molecule has 28 heavy (non-hydrogen) atoms. The van der Waals surface area contributed by atoms with Crippen molar-refractivity contribution in [3.8, 4) is 0 Å². The van der Waals surface area contributed by atoms with Gasteiger partial charge in [0.25, 0.3) is 0 Å². The van der Waals surface area contributed by atoms with E-state index in [0.717, 1.165) is 58.4 Å². The van der Waals surface area contributed by atoms with E-state index in [0.29, 0.717) is 5.91 Å². The van der Waals surface area contributed by atoms with Crippen molar-refractivity contribution < 1.29 is 9.59 Å². The van der Waals surface area contributed by atoms with Crippen LogP contribution in [0.25, 0.3) is 0 Å². The molecule has 2 atom stereocenters. The number of hydrogen-bond acceptors (Lipinski definition) is 4. The standard InChI is InChI=1S/C21H33N5O2/c1-23(2)20(28)21-8-5-9-26(19(27)17-6-4-7-17)14-18(21)13-25(15-21)12-16-10-22-24(3)11-16/h10-11,17-18H,4-9,12-15H2,1-3H3/t18-,21+/m1/s1. The van der Waals surface area contributed by atoms with Crippen LogP contribution in [0, 0.1) is 17.3 Å². The molecule has 2 saturated heterocycles. The third-order valence-corrected chi connectivity index (χ3v) is 7.02. The number of carbonyl (C=O) groups excluding carboxylic acids is 2. The quantitative estimate of drug-likeness (QED) is 0.782. The van der Waals surface area contributed by atoms with Crippen LogP contribution in [0.5, 0.6) is 0 Å². The number of carbonyl (C=O) groups is 2. The Morgan fingerprint density at radius 3 is 2.64 bits per heavy atom. The van der Waals surface area contributed by atoms with Gasteiger partial charge in [-0.05, 0) is 25.7 Å². The van der Waals surface area contributed by atoms with Gasteiger partial charge in [0.1, 0.15) is 0 Å². The van der Waals surface area contributed by atoms with Crippen molar-refractivity contribution in [1.82, 2.24) is 24.5 Å². The van der Waals surface area contributed by atoms with E-state index in [2.05, 4.69) is 14.9 Å². The largest absolute Gasteiger partial charge is 0.348 e. The van der Waals surface area contributed by atoms with Crippen molar-refractivity contribution in [3.05, 3.63) is 18.0 Å². The lowest BCUT2D eigenvalue weighted by molar-refractivity contribution is -0.143. The Kier molecular flexibility index (Phi) is 5.21. The summed E-state index contributed by atoms with van der Waals surface area (Å²) in [6.07, 6.45) is 8.98. The number of amides is 2. The second-order valence-corrected chi connectivity index (χ2v) is 9.26. The first-order valence-corrected chi connectivity index (χ1v) is 10.6. The predicted molar refractivity (Wildman–Crippen MR) is 106 cm³/mol. The molecule has 0 radical (unpaired) electrons.